The van der Waals surface area contributed by atoms with Gasteiger partial charge in [-0.1, -0.05) is 5.21 Å². The quantitative estimate of drug-likeness (QED) is 0.497. The fraction of sp³-hybridized carbons (Fsp3) is 0.500. The van der Waals surface area contributed by atoms with Gasteiger partial charge in [-0.25, -0.2) is 14.6 Å². The Morgan fingerprint density at radius 2 is 2.00 bits per heavy atom. The van der Waals surface area contributed by atoms with Gasteiger partial charge in [0.2, 0.25) is 0 Å². The molecule has 196 valence electrons. The third-order valence-corrected chi connectivity index (χ3v) is 7.17. The molecule has 1 N–H and O–H groups in total. The molecule has 0 unspecified atom stereocenters. The highest BCUT2D eigenvalue weighted by Crippen LogP contribution is 2.48. The summed E-state index contributed by atoms with van der Waals surface area (Å²) in [5.41, 5.74) is 0.908. The minimum absolute atomic E-state index is 0.0589. The van der Waals surface area contributed by atoms with Gasteiger partial charge in [0.15, 0.2) is 5.69 Å². The van der Waals surface area contributed by atoms with Gasteiger partial charge >= 0.3 is 18.2 Å². The summed E-state index contributed by atoms with van der Waals surface area (Å²) in [6, 6.07) is 3.87. The Balaban J connectivity index is 1.28. The molecule has 2 aliphatic rings. The molecular weight excluding hydrogens is 493 g/mol. The molecule has 2 aliphatic carbocycles. The van der Waals surface area contributed by atoms with E-state index < -0.39 is 23.8 Å². The number of alkyl halides is 3. The topological polar surface area (TPSA) is 125 Å². The number of hydrogen-bond acceptors (Lipinski definition) is 8. The molecule has 37 heavy (non-hydrogen) atoms. The van der Waals surface area contributed by atoms with Crippen molar-refractivity contribution in [2.24, 2.45) is 24.8 Å². The number of nitrogens with zero attached hydrogens (tertiary/aromatic N) is 6. The maximum Gasteiger partial charge on any atom is 0.433 e. The van der Waals surface area contributed by atoms with Gasteiger partial charge in [-0.2, -0.15) is 18.2 Å². The maximum atomic E-state index is 12.9. The molecule has 0 aromatic carbocycles. The van der Waals surface area contributed by atoms with Crippen molar-refractivity contribution in [3.05, 3.63) is 41.5 Å². The van der Waals surface area contributed by atoms with E-state index in [2.05, 4.69) is 25.3 Å². The number of carboxylic acids is 1. The molecule has 10 nitrogen and oxygen atoms in total. The van der Waals surface area contributed by atoms with E-state index in [1.807, 2.05) is 0 Å². The second-order valence-electron chi connectivity index (χ2n) is 9.46. The van der Waals surface area contributed by atoms with Crippen LogP contribution in [0.5, 0.6) is 11.8 Å². The van der Waals surface area contributed by atoms with Gasteiger partial charge in [0.1, 0.15) is 23.7 Å². The van der Waals surface area contributed by atoms with E-state index in [0.29, 0.717) is 40.9 Å². The van der Waals surface area contributed by atoms with Gasteiger partial charge < -0.3 is 14.6 Å². The standard InChI is InChI=1S/C24H25F3N6O4/c1-12-19(37-14-9-13-3-4-15(22(34)35)16(13)10-14)6-5-17(29-12)21-18(33(2)32-31-21)11-36-23-28-8-7-20(30-23)24(25,26)27/h5-8,13-16H,3-4,9-11H2,1-2H3,(H,34,35)/t13-,14-,15+,16+/m0/s1. The van der Waals surface area contributed by atoms with Crippen molar-refractivity contribution in [1.82, 2.24) is 29.9 Å². The zero-order chi connectivity index (χ0) is 26.3. The molecule has 3 aromatic heterocycles. The fourth-order valence-corrected chi connectivity index (χ4v) is 5.36. The first-order valence-electron chi connectivity index (χ1n) is 11.9. The van der Waals surface area contributed by atoms with Crippen LogP contribution in [0.2, 0.25) is 0 Å². The Labute approximate surface area is 209 Å². The number of pyridine rings is 1. The second kappa shape index (κ2) is 9.60. The minimum atomic E-state index is -4.61. The number of ether oxygens (including phenoxy) is 2. The van der Waals surface area contributed by atoms with Crippen molar-refractivity contribution in [2.75, 3.05) is 0 Å². The van der Waals surface area contributed by atoms with Crippen LogP contribution in [-0.2, 0) is 24.6 Å². The summed E-state index contributed by atoms with van der Waals surface area (Å²) in [6.07, 6.45) is -0.490. The number of rotatable bonds is 7. The molecule has 0 aliphatic heterocycles. The van der Waals surface area contributed by atoms with Crippen LogP contribution in [0.4, 0.5) is 13.2 Å². The number of carbonyl (C=O) groups is 1. The molecule has 3 heterocycles. The van der Waals surface area contributed by atoms with E-state index in [4.69, 9.17) is 9.47 Å². The number of carboxylic acid groups (broad SMARTS) is 1. The molecule has 0 bridgehead atoms. The lowest BCUT2D eigenvalue weighted by Gasteiger charge is -2.18. The van der Waals surface area contributed by atoms with Crippen molar-refractivity contribution in [1.29, 1.82) is 0 Å². The molecule has 0 amide bonds. The predicted molar refractivity (Wildman–Crippen MR) is 121 cm³/mol. The summed E-state index contributed by atoms with van der Waals surface area (Å²) < 4.78 is 51.8. The summed E-state index contributed by atoms with van der Waals surface area (Å²) >= 11 is 0. The molecular formula is C24H25F3N6O4. The minimum Gasteiger partial charge on any atom is -0.489 e. The lowest BCUT2D eigenvalue weighted by Crippen LogP contribution is -2.21. The largest absolute Gasteiger partial charge is 0.489 e. The number of fused-ring (bicyclic) bond motifs is 1. The Hall–Kier alpha value is -3.77. The van der Waals surface area contributed by atoms with Crippen LogP contribution in [0.1, 0.15) is 42.8 Å². The van der Waals surface area contributed by atoms with Gasteiger partial charge in [-0.15, -0.1) is 5.10 Å². The molecule has 0 spiro atoms. The Bertz CT molecular complexity index is 1310. The van der Waals surface area contributed by atoms with Gasteiger partial charge in [-0.05, 0) is 62.6 Å². The highest BCUT2D eigenvalue weighted by molar-refractivity contribution is 5.71. The zero-order valence-corrected chi connectivity index (χ0v) is 20.1. The monoisotopic (exact) mass is 518 g/mol. The highest BCUT2D eigenvalue weighted by atomic mass is 19.4. The average molecular weight is 518 g/mol. The lowest BCUT2D eigenvalue weighted by molar-refractivity contribution is -0.143. The lowest BCUT2D eigenvalue weighted by atomic mass is 9.92. The van der Waals surface area contributed by atoms with Gasteiger partial charge in [0.05, 0.1) is 23.4 Å². The normalized spacial score (nSPS) is 23.2. The average Bonchev–Trinajstić information content (AvgIpc) is 3.52. The Kier molecular flexibility index (Phi) is 6.46. The zero-order valence-electron chi connectivity index (χ0n) is 20.1. The van der Waals surface area contributed by atoms with Gasteiger partial charge in [-0.3, -0.25) is 4.79 Å². The number of aliphatic carboxylic acids is 1. The van der Waals surface area contributed by atoms with Crippen LogP contribution in [-0.4, -0.2) is 47.1 Å². The van der Waals surface area contributed by atoms with E-state index in [9.17, 15) is 23.1 Å². The van der Waals surface area contributed by atoms with Crippen molar-refractivity contribution in [3.8, 4) is 23.1 Å². The number of halogens is 3. The number of aromatic nitrogens is 6. The Morgan fingerprint density at radius 3 is 2.73 bits per heavy atom. The molecule has 4 atom stereocenters. The maximum absolute atomic E-state index is 12.9. The van der Waals surface area contributed by atoms with Crippen molar-refractivity contribution < 1.29 is 32.5 Å². The van der Waals surface area contributed by atoms with Gasteiger partial charge in [0, 0.05) is 13.2 Å². The van der Waals surface area contributed by atoms with Crippen LogP contribution in [0, 0.1) is 24.7 Å². The molecule has 13 heteroatoms. The van der Waals surface area contributed by atoms with Crippen LogP contribution in [0.3, 0.4) is 0 Å². The first kappa shape index (κ1) is 24.9. The second-order valence-corrected chi connectivity index (χ2v) is 9.46. The number of hydrogen-bond donors (Lipinski definition) is 1. The van der Waals surface area contributed by atoms with Crippen LogP contribution in [0.25, 0.3) is 11.4 Å². The predicted octanol–water partition coefficient (Wildman–Crippen LogP) is 3.84. The third-order valence-electron chi connectivity index (χ3n) is 7.17. The SMILES string of the molecule is Cc1nc(-c2nnn(C)c2COc2nccc(C(F)(F)F)n2)ccc1O[C@H]1C[C@@H]2CC[C@@H](C(=O)O)[C@@H]2C1. The van der Waals surface area contributed by atoms with E-state index >= 15 is 0 Å². The van der Waals surface area contributed by atoms with Crippen LogP contribution in [0.15, 0.2) is 24.4 Å². The van der Waals surface area contributed by atoms with Crippen molar-refractivity contribution in [2.45, 2.75) is 51.5 Å². The first-order chi connectivity index (χ1) is 17.6. The summed E-state index contributed by atoms with van der Waals surface area (Å²) in [7, 11) is 1.63. The smallest absolute Gasteiger partial charge is 0.433 e. The fourth-order valence-electron chi connectivity index (χ4n) is 5.36. The summed E-state index contributed by atoms with van der Waals surface area (Å²) in [5.74, 6) is 0.122. The first-order valence-corrected chi connectivity index (χ1v) is 11.9. The molecule has 5 rings (SSSR count). The van der Waals surface area contributed by atoms with E-state index in [1.165, 1.54) is 4.68 Å². The van der Waals surface area contributed by atoms with Crippen LogP contribution >= 0.6 is 0 Å². The van der Waals surface area contributed by atoms with E-state index in [1.54, 1.807) is 26.1 Å². The Morgan fingerprint density at radius 1 is 1.19 bits per heavy atom. The molecule has 3 aromatic rings. The summed E-state index contributed by atoms with van der Waals surface area (Å²) in [5, 5.41) is 17.6. The van der Waals surface area contributed by atoms with Crippen LogP contribution < -0.4 is 9.47 Å². The molecule has 2 fully saturated rings. The van der Waals surface area contributed by atoms with Crippen molar-refractivity contribution in [3.63, 3.8) is 0 Å². The molecule has 2 saturated carbocycles. The third kappa shape index (κ3) is 5.07. The highest BCUT2D eigenvalue weighted by Gasteiger charge is 2.47. The van der Waals surface area contributed by atoms with E-state index in [0.717, 1.165) is 31.5 Å². The molecule has 0 saturated heterocycles. The summed E-state index contributed by atoms with van der Waals surface area (Å²) in [6.45, 7) is 1.63. The van der Waals surface area contributed by atoms with E-state index in [-0.39, 0.29) is 24.5 Å². The number of aryl methyl sites for hydroxylation is 2. The van der Waals surface area contributed by atoms with Crippen molar-refractivity contribution >= 4 is 5.97 Å². The molecule has 0 radical (unpaired) electrons. The van der Waals surface area contributed by atoms with Gasteiger partial charge in [0.25, 0.3) is 0 Å². The summed E-state index contributed by atoms with van der Waals surface area (Å²) in [4.78, 5) is 23.3.